The van der Waals surface area contributed by atoms with Crippen LogP contribution >= 0.6 is 0 Å². The van der Waals surface area contributed by atoms with Gasteiger partial charge < -0.3 is 18.6 Å². The summed E-state index contributed by atoms with van der Waals surface area (Å²) < 4.78 is 46.7. The molecule has 1 fully saturated rings. The van der Waals surface area contributed by atoms with Crippen LogP contribution in [0.15, 0.2) is 82.1 Å². The summed E-state index contributed by atoms with van der Waals surface area (Å²) in [5.41, 5.74) is 3.37. The molecule has 5 rings (SSSR count). The molecule has 1 saturated heterocycles. The fraction of sp³-hybridized carbons (Fsp3) is 0.286. The molecular formula is C28H29N3O6S. The number of methoxy groups -OCH3 is 1. The molecule has 2 aromatic carbocycles. The summed E-state index contributed by atoms with van der Waals surface area (Å²) in [4.78, 5) is 9.51. The second kappa shape index (κ2) is 11.1. The van der Waals surface area contributed by atoms with Crippen LogP contribution in [0.5, 0.6) is 0 Å². The molecule has 2 N–H and O–H groups in total. The smallest absolute Gasteiger partial charge is 0.238 e. The van der Waals surface area contributed by atoms with Gasteiger partial charge in [0.2, 0.25) is 15.9 Å². The zero-order chi connectivity index (χ0) is 26.6. The number of hydrogen-bond acceptors (Lipinski definition) is 8. The van der Waals surface area contributed by atoms with Crippen molar-refractivity contribution in [2.75, 3.05) is 20.3 Å². The van der Waals surface area contributed by atoms with Crippen LogP contribution < -0.4 is 5.14 Å². The van der Waals surface area contributed by atoms with Crippen molar-refractivity contribution in [2.24, 2.45) is 5.14 Å². The fourth-order valence-corrected chi connectivity index (χ4v) is 5.05. The van der Waals surface area contributed by atoms with E-state index in [4.69, 9.17) is 28.8 Å². The van der Waals surface area contributed by atoms with Crippen LogP contribution in [0.1, 0.15) is 30.1 Å². The van der Waals surface area contributed by atoms with E-state index in [1.54, 1.807) is 19.2 Å². The van der Waals surface area contributed by atoms with Gasteiger partial charge in [-0.2, -0.15) is 0 Å². The Morgan fingerprint density at radius 1 is 0.895 bits per heavy atom. The summed E-state index contributed by atoms with van der Waals surface area (Å²) in [6.45, 7) is 1.67. The first-order valence-corrected chi connectivity index (χ1v) is 13.8. The normalized spacial score (nSPS) is 15.4. The highest BCUT2D eigenvalue weighted by Gasteiger charge is 2.35. The lowest BCUT2D eigenvalue weighted by Crippen LogP contribution is -2.36. The Kier molecular flexibility index (Phi) is 7.68. The van der Waals surface area contributed by atoms with E-state index in [-0.39, 0.29) is 18.1 Å². The number of oxazole rings is 1. The molecule has 9 nitrogen and oxygen atoms in total. The lowest BCUT2D eigenvalue weighted by molar-refractivity contribution is -0.0975. The largest absolute Gasteiger partial charge is 0.437 e. The van der Waals surface area contributed by atoms with Gasteiger partial charge in [0.25, 0.3) is 0 Å². The number of hydrogen-bond donors (Lipinski definition) is 1. The van der Waals surface area contributed by atoms with Crippen molar-refractivity contribution < 1.29 is 27.0 Å². The van der Waals surface area contributed by atoms with Crippen LogP contribution in [0.4, 0.5) is 0 Å². The third-order valence-corrected chi connectivity index (χ3v) is 7.53. The van der Waals surface area contributed by atoms with E-state index >= 15 is 0 Å². The number of ether oxygens (including phenoxy) is 3. The number of nitrogens with two attached hydrogens (primary N) is 1. The molecule has 0 bridgehead atoms. The quantitative estimate of drug-likeness (QED) is 0.334. The monoisotopic (exact) mass is 535 g/mol. The summed E-state index contributed by atoms with van der Waals surface area (Å²) in [5, 5.41) is 5.24. The van der Waals surface area contributed by atoms with E-state index in [2.05, 4.69) is 4.98 Å². The van der Waals surface area contributed by atoms with Gasteiger partial charge in [-0.15, -0.1) is 0 Å². The van der Waals surface area contributed by atoms with Gasteiger partial charge in [0.1, 0.15) is 17.9 Å². The van der Waals surface area contributed by atoms with Crippen LogP contribution in [-0.4, -0.2) is 38.7 Å². The van der Waals surface area contributed by atoms with Crippen LogP contribution in [0, 0.1) is 0 Å². The molecular weight excluding hydrogens is 506 g/mol. The number of rotatable bonds is 9. The predicted octanol–water partition coefficient (Wildman–Crippen LogP) is 4.42. The summed E-state index contributed by atoms with van der Waals surface area (Å²) >= 11 is 0. The van der Waals surface area contributed by atoms with Gasteiger partial charge in [0, 0.05) is 44.3 Å². The molecule has 1 aliphatic heterocycles. The fourth-order valence-electron chi connectivity index (χ4n) is 4.53. The average molecular weight is 536 g/mol. The number of sulfonamides is 1. The van der Waals surface area contributed by atoms with Crippen molar-refractivity contribution in [1.82, 2.24) is 9.97 Å². The highest BCUT2D eigenvalue weighted by atomic mass is 32.2. The summed E-state index contributed by atoms with van der Waals surface area (Å²) in [6, 6.07) is 21.7. The highest BCUT2D eigenvalue weighted by molar-refractivity contribution is 7.89. The van der Waals surface area contributed by atoms with Gasteiger partial charge in [-0.1, -0.05) is 36.4 Å². The molecule has 0 radical (unpaired) electrons. The lowest BCUT2D eigenvalue weighted by Gasteiger charge is -2.35. The topological polar surface area (TPSA) is 127 Å². The minimum absolute atomic E-state index is 0.0244. The number of pyridine rings is 1. The van der Waals surface area contributed by atoms with E-state index in [1.807, 2.05) is 48.5 Å². The van der Waals surface area contributed by atoms with Crippen molar-refractivity contribution in [3.05, 3.63) is 90.1 Å². The van der Waals surface area contributed by atoms with Crippen molar-refractivity contribution >= 4 is 10.0 Å². The second-order valence-corrected chi connectivity index (χ2v) is 10.6. The Morgan fingerprint density at radius 2 is 1.63 bits per heavy atom. The number of aromatic nitrogens is 2. The SMILES string of the molecule is COC1(c2cccc(COCc3nc(-c4ccccc4)c(-c4ccc(S(N)(=O)=O)cc4)o3)n2)CCOCC1. The maximum atomic E-state index is 11.7. The Balaban J connectivity index is 1.35. The van der Waals surface area contributed by atoms with Crippen LogP contribution in [0.2, 0.25) is 0 Å². The minimum atomic E-state index is -3.80. The number of nitrogens with zero attached hydrogens (tertiary/aromatic N) is 2. The molecule has 198 valence electrons. The Morgan fingerprint density at radius 3 is 2.32 bits per heavy atom. The summed E-state index contributed by atoms with van der Waals surface area (Å²) in [5.74, 6) is 0.903. The zero-order valence-electron chi connectivity index (χ0n) is 21.0. The molecule has 2 aromatic heterocycles. The van der Waals surface area contributed by atoms with Gasteiger partial charge in [-0.05, 0) is 36.4 Å². The Bertz CT molecular complexity index is 1480. The molecule has 4 aromatic rings. The third-order valence-electron chi connectivity index (χ3n) is 6.60. The van der Waals surface area contributed by atoms with E-state index in [0.29, 0.717) is 36.1 Å². The Labute approximate surface area is 221 Å². The van der Waals surface area contributed by atoms with Crippen LogP contribution in [-0.2, 0) is 43.0 Å². The van der Waals surface area contributed by atoms with E-state index in [1.165, 1.54) is 12.1 Å². The van der Waals surface area contributed by atoms with E-state index < -0.39 is 15.6 Å². The maximum absolute atomic E-state index is 11.7. The van der Waals surface area contributed by atoms with Gasteiger partial charge in [0.05, 0.1) is 22.9 Å². The van der Waals surface area contributed by atoms with Gasteiger partial charge in [-0.3, -0.25) is 4.98 Å². The lowest BCUT2D eigenvalue weighted by atomic mass is 9.90. The molecule has 0 unspecified atom stereocenters. The number of benzene rings is 2. The molecule has 0 spiro atoms. The predicted molar refractivity (Wildman–Crippen MR) is 140 cm³/mol. The molecule has 1 aliphatic rings. The molecule has 0 saturated carbocycles. The molecule has 0 atom stereocenters. The van der Waals surface area contributed by atoms with E-state index in [0.717, 1.165) is 29.8 Å². The molecule has 38 heavy (non-hydrogen) atoms. The first-order chi connectivity index (χ1) is 18.4. The first-order valence-electron chi connectivity index (χ1n) is 12.2. The third kappa shape index (κ3) is 5.69. The summed E-state index contributed by atoms with van der Waals surface area (Å²) in [6.07, 6.45) is 1.50. The molecule has 0 aliphatic carbocycles. The van der Waals surface area contributed by atoms with Crippen molar-refractivity contribution in [2.45, 2.75) is 36.6 Å². The van der Waals surface area contributed by atoms with Gasteiger partial charge in [0.15, 0.2) is 5.76 Å². The maximum Gasteiger partial charge on any atom is 0.238 e. The first kappa shape index (κ1) is 26.2. The second-order valence-electron chi connectivity index (χ2n) is 9.04. The van der Waals surface area contributed by atoms with Crippen molar-refractivity contribution in [1.29, 1.82) is 0 Å². The van der Waals surface area contributed by atoms with E-state index in [9.17, 15) is 8.42 Å². The van der Waals surface area contributed by atoms with Crippen LogP contribution in [0.3, 0.4) is 0 Å². The standard InChI is InChI=1S/C28H29N3O6S/c1-34-28(14-16-35-17-15-28)24-9-5-8-22(30-24)18-36-19-25-31-26(20-6-3-2-4-7-20)27(37-25)21-10-12-23(13-11-21)38(29,32)33/h2-13H,14-19H2,1H3,(H2,29,32,33). The van der Waals surface area contributed by atoms with Gasteiger partial charge >= 0.3 is 0 Å². The number of primary sulfonamides is 1. The molecule has 0 amide bonds. The zero-order valence-corrected chi connectivity index (χ0v) is 21.8. The average Bonchev–Trinajstić information content (AvgIpc) is 3.38. The molecule has 3 heterocycles. The van der Waals surface area contributed by atoms with Gasteiger partial charge in [-0.25, -0.2) is 18.5 Å². The van der Waals surface area contributed by atoms with Crippen molar-refractivity contribution in [3.8, 4) is 22.6 Å². The summed E-state index contributed by atoms with van der Waals surface area (Å²) in [7, 11) is -2.09. The minimum Gasteiger partial charge on any atom is -0.437 e. The van der Waals surface area contributed by atoms with Crippen molar-refractivity contribution in [3.63, 3.8) is 0 Å². The van der Waals surface area contributed by atoms with Crippen LogP contribution in [0.25, 0.3) is 22.6 Å². The molecule has 10 heteroatoms. The highest BCUT2D eigenvalue weighted by Crippen LogP contribution is 2.35. The Hall–Kier alpha value is -3.41.